The van der Waals surface area contributed by atoms with Gasteiger partial charge in [0.1, 0.15) is 0 Å². The van der Waals surface area contributed by atoms with E-state index in [0.29, 0.717) is 24.3 Å². The maximum atomic E-state index is 12.5. The summed E-state index contributed by atoms with van der Waals surface area (Å²) in [5.74, 6) is 1.28. The molecule has 1 heterocycles. The van der Waals surface area contributed by atoms with E-state index in [-0.39, 0.29) is 11.8 Å². The van der Waals surface area contributed by atoms with Gasteiger partial charge in [0.25, 0.3) is 11.8 Å². The average molecular weight is 273 g/mol. The molecule has 3 unspecified atom stereocenters. The minimum Gasteiger partial charge on any atom is -0.271 e. The zero-order valence-corrected chi connectivity index (χ0v) is 12.2. The van der Waals surface area contributed by atoms with Crippen LogP contribution >= 0.6 is 0 Å². The summed E-state index contributed by atoms with van der Waals surface area (Å²) in [6, 6.07) is 0. The summed E-state index contributed by atoms with van der Waals surface area (Å²) >= 11 is 0. The number of carbonyl (C=O) groups excluding carboxylic acids is 2. The van der Waals surface area contributed by atoms with Gasteiger partial charge < -0.3 is 0 Å². The van der Waals surface area contributed by atoms with Gasteiger partial charge in [0.2, 0.25) is 0 Å². The molecule has 3 aliphatic rings. The molecular weight excluding hydrogens is 250 g/mol. The highest BCUT2D eigenvalue weighted by molar-refractivity contribution is 6.20. The van der Waals surface area contributed by atoms with Crippen LogP contribution in [0.1, 0.15) is 45.4 Å². The minimum atomic E-state index is -0.0376. The minimum absolute atomic E-state index is 0.0300. The molecule has 20 heavy (non-hydrogen) atoms. The van der Waals surface area contributed by atoms with Crippen LogP contribution in [-0.4, -0.2) is 23.3 Å². The lowest BCUT2D eigenvalue weighted by atomic mass is 9.81. The fourth-order valence-electron chi connectivity index (χ4n) is 4.35. The highest BCUT2D eigenvalue weighted by Crippen LogP contribution is 2.56. The van der Waals surface area contributed by atoms with E-state index >= 15 is 0 Å². The summed E-state index contributed by atoms with van der Waals surface area (Å²) in [4.78, 5) is 26.2. The first-order chi connectivity index (χ1) is 9.69. The Morgan fingerprint density at radius 1 is 1.20 bits per heavy atom. The summed E-state index contributed by atoms with van der Waals surface area (Å²) in [5, 5.41) is 0. The predicted molar refractivity (Wildman–Crippen MR) is 77.8 cm³/mol. The molecule has 0 radical (unpaired) electrons. The van der Waals surface area contributed by atoms with Crippen molar-refractivity contribution >= 4 is 11.8 Å². The van der Waals surface area contributed by atoms with Gasteiger partial charge in [-0.05, 0) is 37.0 Å². The number of hydrogen-bond donors (Lipinski definition) is 0. The Labute approximate surface area is 120 Å². The van der Waals surface area contributed by atoms with Crippen LogP contribution in [0.3, 0.4) is 0 Å². The van der Waals surface area contributed by atoms with Gasteiger partial charge in [-0.3, -0.25) is 14.5 Å². The van der Waals surface area contributed by atoms with Crippen molar-refractivity contribution in [2.24, 2.45) is 17.8 Å². The van der Waals surface area contributed by atoms with E-state index in [4.69, 9.17) is 0 Å². The summed E-state index contributed by atoms with van der Waals surface area (Å²) in [6.07, 6.45) is 8.78. The Kier molecular flexibility index (Phi) is 3.53. The van der Waals surface area contributed by atoms with Crippen molar-refractivity contribution in [3.63, 3.8) is 0 Å². The maximum absolute atomic E-state index is 12.5. The van der Waals surface area contributed by atoms with Crippen LogP contribution in [0.4, 0.5) is 0 Å². The predicted octanol–water partition coefficient (Wildman–Crippen LogP) is 3.07. The van der Waals surface area contributed by atoms with Gasteiger partial charge in [-0.15, -0.1) is 6.58 Å². The second-order valence-corrected chi connectivity index (χ2v) is 6.37. The third-order valence-electron chi connectivity index (χ3n) is 5.21. The van der Waals surface area contributed by atoms with Crippen LogP contribution in [0.2, 0.25) is 0 Å². The van der Waals surface area contributed by atoms with E-state index in [9.17, 15) is 9.59 Å². The maximum Gasteiger partial charge on any atom is 0.257 e. The van der Waals surface area contributed by atoms with Crippen LogP contribution < -0.4 is 0 Å². The number of likely N-dealkylation sites (tertiary alicyclic amines) is 1. The Morgan fingerprint density at radius 3 is 2.65 bits per heavy atom. The first kappa shape index (κ1) is 13.6. The van der Waals surface area contributed by atoms with Gasteiger partial charge in [0.05, 0.1) is 0 Å². The zero-order chi connectivity index (χ0) is 14.3. The van der Waals surface area contributed by atoms with Crippen LogP contribution in [0.5, 0.6) is 0 Å². The van der Waals surface area contributed by atoms with Crippen LogP contribution in [0.15, 0.2) is 23.8 Å². The third kappa shape index (κ3) is 1.87. The highest BCUT2D eigenvalue weighted by atomic mass is 16.2. The number of unbranched alkanes of at least 4 members (excludes halogenated alkanes) is 2. The quantitative estimate of drug-likeness (QED) is 0.424. The molecule has 108 valence electrons. The molecule has 0 aromatic carbocycles. The van der Waals surface area contributed by atoms with E-state index in [0.717, 1.165) is 24.0 Å². The Hall–Kier alpha value is -1.38. The topological polar surface area (TPSA) is 37.4 Å². The number of fused-ring (bicyclic) bond motifs is 4. The Bertz CT molecular complexity index is 491. The molecule has 1 saturated carbocycles. The fraction of sp³-hybridized carbons (Fsp3) is 0.647. The molecule has 2 amide bonds. The summed E-state index contributed by atoms with van der Waals surface area (Å²) in [5.41, 5.74) is 1.73. The van der Waals surface area contributed by atoms with Gasteiger partial charge in [-0.2, -0.15) is 0 Å². The largest absolute Gasteiger partial charge is 0.271 e. The Morgan fingerprint density at radius 2 is 1.95 bits per heavy atom. The number of nitrogens with zero attached hydrogens (tertiary/aromatic N) is 1. The van der Waals surface area contributed by atoms with Crippen molar-refractivity contribution in [3.05, 3.63) is 23.8 Å². The van der Waals surface area contributed by atoms with E-state index in [1.54, 1.807) is 6.08 Å². The summed E-state index contributed by atoms with van der Waals surface area (Å²) in [6.45, 7) is 6.21. The van der Waals surface area contributed by atoms with Crippen molar-refractivity contribution in [1.82, 2.24) is 4.90 Å². The van der Waals surface area contributed by atoms with Gasteiger partial charge in [-0.25, -0.2) is 0 Å². The molecule has 0 N–H and O–H groups in total. The van der Waals surface area contributed by atoms with Crippen LogP contribution in [0.25, 0.3) is 0 Å². The number of carbonyl (C=O) groups is 2. The molecule has 0 aromatic heterocycles. The molecule has 0 spiro atoms. The second kappa shape index (κ2) is 5.19. The third-order valence-corrected chi connectivity index (χ3v) is 5.21. The van der Waals surface area contributed by atoms with Crippen molar-refractivity contribution in [1.29, 1.82) is 0 Å². The smallest absolute Gasteiger partial charge is 0.257 e. The van der Waals surface area contributed by atoms with Crippen molar-refractivity contribution in [2.45, 2.75) is 45.4 Å². The van der Waals surface area contributed by atoms with Crippen LogP contribution in [-0.2, 0) is 9.59 Å². The van der Waals surface area contributed by atoms with E-state index in [1.165, 1.54) is 30.6 Å². The van der Waals surface area contributed by atoms with E-state index in [2.05, 4.69) is 13.5 Å². The van der Waals surface area contributed by atoms with Gasteiger partial charge in [0, 0.05) is 17.7 Å². The molecule has 2 aliphatic carbocycles. The first-order valence-electron chi connectivity index (χ1n) is 7.90. The second-order valence-electron chi connectivity index (χ2n) is 6.37. The number of rotatable bonds is 6. The van der Waals surface area contributed by atoms with Gasteiger partial charge in [0.15, 0.2) is 0 Å². The lowest BCUT2D eigenvalue weighted by Crippen LogP contribution is -2.33. The normalized spacial score (nSPS) is 31.4. The lowest BCUT2D eigenvalue weighted by molar-refractivity contribution is -0.137. The molecule has 0 aromatic rings. The molecule has 3 nitrogen and oxygen atoms in total. The molecule has 0 saturated heterocycles. The fourth-order valence-corrected chi connectivity index (χ4v) is 4.35. The number of hydrogen-bond acceptors (Lipinski definition) is 2. The van der Waals surface area contributed by atoms with Crippen molar-refractivity contribution < 1.29 is 9.59 Å². The Balaban J connectivity index is 1.76. The number of amides is 2. The van der Waals surface area contributed by atoms with E-state index in [1.807, 2.05) is 0 Å². The number of imide groups is 1. The molecule has 3 rings (SSSR count). The van der Waals surface area contributed by atoms with E-state index < -0.39 is 0 Å². The standard InChI is InChI=1S/C17H23NO2/c1-3-5-6-7-11-9-12-10-13(11)15-14(12)16(19)18(8-4-2)17(15)20/h4,11-13H,2-3,5-10H2,1H3. The summed E-state index contributed by atoms with van der Waals surface area (Å²) < 4.78 is 0. The molecular formula is C17H23NO2. The molecule has 3 atom stereocenters. The van der Waals surface area contributed by atoms with Gasteiger partial charge >= 0.3 is 0 Å². The molecule has 1 aliphatic heterocycles. The van der Waals surface area contributed by atoms with Crippen molar-refractivity contribution in [2.75, 3.05) is 6.54 Å². The first-order valence-corrected chi connectivity index (χ1v) is 7.90. The zero-order valence-electron chi connectivity index (χ0n) is 12.2. The molecule has 2 bridgehead atoms. The van der Waals surface area contributed by atoms with Crippen molar-refractivity contribution in [3.8, 4) is 0 Å². The van der Waals surface area contributed by atoms with Crippen LogP contribution in [0, 0.1) is 17.8 Å². The SMILES string of the molecule is C=CCN1C(=O)C2=C(C1=O)C1CC2CC1CCCCC. The molecule has 1 fully saturated rings. The summed E-state index contributed by atoms with van der Waals surface area (Å²) in [7, 11) is 0. The van der Waals surface area contributed by atoms with Gasteiger partial charge in [-0.1, -0.05) is 32.3 Å². The molecule has 3 heteroatoms. The average Bonchev–Trinajstić information content (AvgIpc) is 3.07. The monoisotopic (exact) mass is 273 g/mol. The highest BCUT2D eigenvalue weighted by Gasteiger charge is 2.55. The lowest BCUT2D eigenvalue weighted by Gasteiger charge is -2.22.